The van der Waals surface area contributed by atoms with Gasteiger partial charge in [0.25, 0.3) is 0 Å². The standard InChI is InChI=1S/C20H24N2O/c21-18-11-9-16(10-12-18)14-20(23)22-19-8-4-7-17(19)13-15-5-2-1-3-6-15/h1-3,5-6,9-12,17,19H,4,7-8,13-14,21H2,(H,22,23). The summed E-state index contributed by atoms with van der Waals surface area (Å²) in [6, 6.07) is 18.4. The Bertz CT molecular complexity index is 636. The van der Waals surface area contributed by atoms with Gasteiger partial charge in [-0.05, 0) is 48.4 Å². The Hall–Kier alpha value is -2.29. The van der Waals surface area contributed by atoms with Gasteiger partial charge in [-0.1, -0.05) is 48.9 Å². The highest BCUT2D eigenvalue weighted by molar-refractivity contribution is 5.79. The zero-order chi connectivity index (χ0) is 16.1. The van der Waals surface area contributed by atoms with Crippen LogP contribution in [-0.2, 0) is 17.6 Å². The van der Waals surface area contributed by atoms with E-state index in [-0.39, 0.29) is 5.91 Å². The molecule has 0 aliphatic heterocycles. The summed E-state index contributed by atoms with van der Waals surface area (Å²) >= 11 is 0. The van der Waals surface area contributed by atoms with Crippen LogP contribution >= 0.6 is 0 Å². The third kappa shape index (κ3) is 4.35. The van der Waals surface area contributed by atoms with E-state index < -0.39 is 0 Å². The molecule has 1 saturated carbocycles. The molecule has 0 spiro atoms. The van der Waals surface area contributed by atoms with Crippen molar-refractivity contribution in [2.75, 3.05) is 5.73 Å². The van der Waals surface area contributed by atoms with Crippen molar-refractivity contribution >= 4 is 11.6 Å². The quantitative estimate of drug-likeness (QED) is 0.832. The molecular weight excluding hydrogens is 284 g/mol. The van der Waals surface area contributed by atoms with Gasteiger partial charge in [0.2, 0.25) is 5.91 Å². The second-order valence-corrected chi connectivity index (χ2v) is 6.47. The van der Waals surface area contributed by atoms with Gasteiger partial charge in [0, 0.05) is 11.7 Å². The van der Waals surface area contributed by atoms with Crippen molar-refractivity contribution < 1.29 is 4.79 Å². The van der Waals surface area contributed by atoms with E-state index in [1.54, 1.807) is 0 Å². The predicted molar refractivity (Wildman–Crippen MR) is 94.0 cm³/mol. The van der Waals surface area contributed by atoms with Gasteiger partial charge in [-0.15, -0.1) is 0 Å². The molecule has 1 aliphatic carbocycles. The Morgan fingerprint density at radius 1 is 1.00 bits per heavy atom. The van der Waals surface area contributed by atoms with Crippen molar-refractivity contribution in [2.45, 2.75) is 38.1 Å². The molecule has 3 N–H and O–H groups in total. The van der Waals surface area contributed by atoms with Crippen LogP contribution in [-0.4, -0.2) is 11.9 Å². The first-order chi connectivity index (χ1) is 11.2. The maximum absolute atomic E-state index is 12.3. The zero-order valence-electron chi connectivity index (χ0n) is 13.4. The van der Waals surface area contributed by atoms with Crippen LogP contribution in [0, 0.1) is 5.92 Å². The summed E-state index contributed by atoms with van der Waals surface area (Å²) < 4.78 is 0. The predicted octanol–water partition coefficient (Wildman–Crippen LogP) is 3.34. The number of rotatable bonds is 5. The van der Waals surface area contributed by atoms with Crippen LogP contribution in [0.3, 0.4) is 0 Å². The molecular formula is C20H24N2O. The fraction of sp³-hybridized carbons (Fsp3) is 0.350. The summed E-state index contributed by atoms with van der Waals surface area (Å²) in [4.78, 5) is 12.3. The normalized spacial score (nSPS) is 20.3. The monoisotopic (exact) mass is 308 g/mol. The van der Waals surface area contributed by atoms with E-state index in [2.05, 4.69) is 29.6 Å². The first-order valence-corrected chi connectivity index (χ1v) is 8.38. The lowest BCUT2D eigenvalue weighted by Crippen LogP contribution is -2.38. The Morgan fingerprint density at radius 3 is 2.48 bits per heavy atom. The summed E-state index contributed by atoms with van der Waals surface area (Å²) in [5.74, 6) is 0.660. The highest BCUT2D eigenvalue weighted by Gasteiger charge is 2.28. The summed E-state index contributed by atoms with van der Waals surface area (Å²) in [7, 11) is 0. The third-order valence-electron chi connectivity index (χ3n) is 4.69. The molecule has 3 heteroatoms. The van der Waals surface area contributed by atoms with Crippen LogP contribution in [0.15, 0.2) is 54.6 Å². The Morgan fingerprint density at radius 2 is 1.74 bits per heavy atom. The van der Waals surface area contributed by atoms with Crippen molar-refractivity contribution in [2.24, 2.45) is 5.92 Å². The lowest BCUT2D eigenvalue weighted by atomic mass is 9.94. The summed E-state index contributed by atoms with van der Waals surface area (Å²) in [5.41, 5.74) is 8.78. The Balaban J connectivity index is 1.55. The minimum absolute atomic E-state index is 0.111. The molecule has 2 aromatic carbocycles. The van der Waals surface area contributed by atoms with E-state index in [1.807, 2.05) is 30.3 Å². The van der Waals surface area contributed by atoms with E-state index in [0.717, 1.165) is 24.1 Å². The first kappa shape index (κ1) is 15.6. The van der Waals surface area contributed by atoms with Gasteiger partial charge in [0.05, 0.1) is 6.42 Å². The first-order valence-electron chi connectivity index (χ1n) is 8.38. The van der Waals surface area contributed by atoms with Gasteiger partial charge in [-0.25, -0.2) is 0 Å². The number of nitrogen functional groups attached to an aromatic ring is 1. The van der Waals surface area contributed by atoms with Crippen molar-refractivity contribution in [1.29, 1.82) is 0 Å². The summed E-state index contributed by atoms with van der Waals surface area (Å²) in [6.07, 6.45) is 4.96. The zero-order valence-corrected chi connectivity index (χ0v) is 13.4. The molecule has 0 aromatic heterocycles. The van der Waals surface area contributed by atoms with Crippen LogP contribution in [0.2, 0.25) is 0 Å². The number of amides is 1. The number of nitrogens with one attached hydrogen (secondary N) is 1. The van der Waals surface area contributed by atoms with Gasteiger partial charge in [-0.3, -0.25) is 4.79 Å². The molecule has 0 saturated heterocycles. The molecule has 2 aromatic rings. The maximum atomic E-state index is 12.3. The number of hydrogen-bond donors (Lipinski definition) is 2. The third-order valence-corrected chi connectivity index (χ3v) is 4.69. The molecule has 2 unspecified atom stereocenters. The average Bonchev–Trinajstić information content (AvgIpc) is 2.97. The molecule has 1 fully saturated rings. The van der Waals surface area contributed by atoms with E-state index in [9.17, 15) is 4.79 Å². The van der Waals surface area contributed by atoms with Gasteiger partial charge in [0.1, 0.15) is 0 Å². The molecule has 23 heavy (non-hydrogen) atoms. The second-order valence-electron chi connectivity index (χ2n) is 6.47. The topological polar surface area (TPSA) is 55.1 Å². The SMILES string of the molecule is Nc1ccc(CC(=O)NC2CCCC2Cc2ccccc2)cc1. The van der Waals surface area contributed by atoms with Crippen molar-refractivity contribution in [3.8, 4) is 0 Å². The van der Waals surface area contributed by atoms with Gasteiger partial charge in [0.15, 0.2) is 0 Å². The molecule has 0 radical (unpaired) electrons. The summed E-state index contributed by atoms with van der Waals surface area (Å²) in [6.45, 7) is 0. The van der Waals surface area contributed by atoms with Crippen molar-refractivity contribution in [3.05, 3.63) is 65.7 Å². The lowest BCUT2D eigenvalue weighted by molar-refractivity contribution is -0.121. The fourth-order valence-corrected chi connectivity index (χ4v) is 3.47. The van der Waals surface area contributed by atoms with E-state index in [1.165, 1.54) is 18.4 Å². The number of carbonyl (C=O) groups is 1. The molecule has 1 amide bonds. The Kier molecular flexibility index (Phi) is 4.96. The largest absolute Gasteiger partial charge is 0.399 e. The van der Waals surface area contributed by atoms with Crippen LogP contribution in [0.4, 0.5) is 5.69 Å². The molecule has 1 aliphatic rings. The molecule has 0 heterocycles. The van der Waals surface area contributed by atoms with E-state index >= 15 is 0 Å². The number of nitrogens with two attached hydrogens (primary N) is 1. The van der Waals surface area contributed by atoms with Crippen LogP contribution in [0.5, 0.6) is 0 Å². The average molecular weight is 308 g/mol. The molecule has 0 bridgehead atoms. The minimum Gasteiger partial charge on any atom is -0.399 e. The molecule has 3 nitrogen and oxygen atoms in total. The highest BCUT2D eigenvalue weighted by atomic mass is 16.1. The maximum Gasteiger partial charge on any atom is 0.224 e. The number of carbonyl (C=O) groups excluding carboxylic acids is 1. The fourth-order valence-electron chi connectivity index (χ4n) is 3.47. The molecule has 2 atom stereocenters. The Labute approximate surface area is 137 Å². The van der Waals surface area contributed by atoms with Crippen molar-refractivity contribution in [3.63, 3.8) is 0 Å². The van der Waals surface area contributed by atoms with Gasteiger partial charge in [-0.2, -0.15) is 0 Å². The highest BCUT2D eigenvalue weighted by Crippen LogP contribution is 2.29. The van der Waals surface area contributed by atoms with Gasteiger partial charge >= 0.3 is 0 Å². The van der Waals surface area contributed by atoms with Crippen LogP contribution < -0.4 is 11.1 Å². The molecule has 120 valence electrons. The number of benzene rings is 2. The minimum atomic E-state index is 0.111. The summed E-state index contributed by atoms with van der Waals surface area (Å²) in [5, 5.41) is 3.24. The van der Waals surface area contributed by atoms with Crippen LogP contribution in [0.25, 0.3) is 0 Å². The van der Waals surface area contributed by atoms with Crippen molar-refractivity contribution in [1.82, 2.24) is 5.32 Å². The smallest absolute Gasteiger partial charge is 0.224 e. The van der Waals surface area contributed by atoms with Gasteiger partial charge < -0.3 is 11.1 Å². The molecule has 3 rings (SSSR count). The number of anilines is 1. The van der Waals surface area contributed by atoms with E-state index in [4.69, 9.17) is 5.73 Å². The van der Waals surface area contributed by atoms with Crippen LogP contribution in [0.1, 0.15) is 30.4 Å². The van der Waals surface area contributed by atoms with E-state index in [0.29, 0.717) is 18.4 Å². The second kappa shape index (κ2) is 7.32. The lowest BCUT2D eigenvalue weighted by Gasteiger charge is -2.21. The number of hydrogen-bond acceptors (Lipinski definition) is 2.